The van der Waals surface area contributed by atoms with E-state index in [1.807, 2.05) is 37.1 Å². The molecule has 1 aromatic rings. The van der Waals surface area contributed by atoms with Crippen molar-refractivity contribution in [1.29, 1.82) is 0 Å². The SMILES string of the molecule is CN(Cc1cccc(Cl)c1)C[C@@H]1CC2[C@@H]3C[C@H](F)C4=CC(=O)C=C[C@]4(C)[C@@]3(F)[C@@H](O)C[C@]2(C)[C@H]1C(=O)O. The van der Waals surface area contributed by atoms with Gasteiger partial charge in [-0.2, -0.15) is 0 Å². The predicted molar refractivity (Wildman–Crippen MR) is 136 cm³/mol. The Bertz CT molecular complexity index is 1190. The number of carboxylic acid groups (broad SMARTS) is 1. The van der Waals surface area contributed by atoms with Gasteiger partial charge >= 0.3 is 5.97 Å². The Labute approximate surface area is 221 Å². The normalized spacial score (nSPS) is 42.7. The molecule has 0 radical (unpaired) electrons. The van der Waals surface area contributed by atoms with Crippen molar-refractivity contribution in [2.45, 2.75) is 57.6 Å². The fourth-order valence-corrected chi connectivity index (χ4v) is 8.67. The number of carbonyl (C=O) groups excluding carboxylic acids is 1. The van der Waals surface area contributed by atoms with Crippen LogP contribution < -0.4 is 0 Å². The number of benzene rings is 1. The highest BCUT2D eigenvalue weighted by molar-refractivity contribution is 6.30. The molecule has 3 fully saturated rings. The van der Waals surface area contributed by atoms with E-state index in [9.17, 15) is 19.8 Å². The summed E-state index contributed by atoms with van der Waals surface area (Å²) in [6.07, 6.45) is 1.05. The zero-order valence-corrected chi connectivity index (χ0v) is 22.1. The molecule has 0 heterocycles. The fourth-order valence-electron chi connectivity index (χ4n) is 8.46. The highest BCUT2D eigenvalue weighted by Crippen LogP contribution is 2.70. The zero-order valence-electron chi connectivity index (χ0n) is 21.3. The Morgan fingerprint density at radius 2 is 1.97 bits per heavy atom. The molecular formula is C29H34ClF2NO4. The second-order valence-electron chi connectivity index (χ2n) is 12.1. The van der Waals surface area contributed by atoms with Crippen LogP contribution in [0.1, 0.15) is 38.7 Å². The molecule has 5 rings (SSSR count). The molecule has 5 nitrogen and oxygen atoms in total. The lowest BCUT2D eigenvalue weighted by atomic mass is 9.45. The second-order valence-corrected chi connectivity index (χ2v) is 12.5. The van der Waals surface area contributed by atoms with Crippen LogP contribution in [0.15, 0.2) is 48.1 Å². The molecule has 0 amide bonds. The molecule has 4 aliphatic carbocycles. The first-order valence-electron chi connectivity index (χ1n) is 12.9. The van der Waals surface area contributed by atoms with Crippen molar-refractivity contribution in [2.24, 2.45) is 34.5 Å². The van der Waals surface area contributed by atoms with E-state index in [4.69, 9.17) is 11.6 Å². The minimum atomic E-state index is -2.20. The van der Waals surface area contributed by atoms with Crippen molar-refractivity contribution in [3.05, 3.63) is 58.7 Å². The van der Waals surface area contributed by atoms with Crippen molar-refractivity contribution in [2.75, 3.05) is 13.6 Å². The Kier molecular flexibility index (Phi) is 6.44. The summed E-state index contributed by atoms with van der Waals surface area (Å²) in [6, 6.07) is 7.49. The monoisotopic (exact) mass is 533 g/mol. The maximum absolute atomic E-state index is 17.3. The van der Waals surface area contributed by atoms with Gasteiger partial charge in [0.25, 0.3) is 0 Å². The van der Waals surface area contributed by atoms with E-state index in [-0.39, 0.29) is 30.1 Å². The molecule has 0 saturated heterocycles. The molecule has 4 aliphatic rings. The van der Waals surface area contributed by atoms with Gasteiger partial charge in [-0.3, -0.25) is 9.59 Å². The lowest BCUT2D eigenvalue weighted by Crippen LogP contribution is -2.68. The number of hydrogen-bond donors (Lipinski definition) is 2. The van der Waals surface area contributed by atoms with E-state index in [1.54, 1.807) is 13.0 Å². The quantitative estimate of drug-likeness (QED) is 0.556. The van der Waals surface area contributed by atoms with Gasteiger partial charge in [0.1, 0.15) is 6.17 Å². The first-order valence-corrected chi connectivity index (χ1v) is 13.3. The molecule has 8 heteroatoms. The van der Waals surface area contributed by atoms with E-state index < -0.39 is 52.5 Å². The topological polar surface area (TPSA) is 77.8 Å². The molecule has 0 aliphatic heterocycles. The third kappa shape index (κ3) is 3.92. The van der Waals surface area contributed by atoms with Gasteiger partial charge in [0, 0.05) is 29.4 Å². The van der Waals surface area contributed by atoms with Gasteiger partial charge in [0.05, 0.1) is 12.0 Å². The highest BCUT2D eigenvalue weighted by Gasteiger charge is 2.73. The van der Waals surface area contributed by atoms with Crippen LogP contribution in [0.4, 0.5) is 8.78 Å². The lowest BCUT2D eigenvalue weighted by molar-refractivity contribution is -0.204. The summed E-state index contributed by atoms with van der Waals surface area (Å²) in [4.78, 5) is 26.7. The molecule has 9 atom stereocenters. The molecule has 2 N–H and O–H groups in total. The van der Waals surface area contributed by atoms with Crippen LogP contribution in [0, 0.1) is 34.5 Å². The number of rotatable bonds is 5. The third-order valence-electron chi connectivity index (χ3n) is 9.96. The van der Waals surface area contributed by atoms with Crippen LogP contribution in [0.5, 0.6) is 0 Å². The first kappa shape index (κ1) is 26.5. The number of carboxylic acids is 1. The van der Waals surface area contributed by atoms with E-state index in [2.05, 4.69) is 0 Å². The average molecular weight is 534 g/mol. The van der Waals surface area contributed by atoms with Gasteiger partial charge in [-0.15, -0.1) is 0 Å². The number of nitrogens with zero attached hydrogens (tertiary/aromatic N) is 1. The lowest BCUT2D eigenvalue weighted by Gasteiger charge is -2.62. The number of aliphatic carboxylic acids is 1. The van der Waals surface area contributed by atoms with Gasteiger partial charge in [-0.25, -0.2) is 8.78 Å². The van der Waals surface area contributed by atoms with Gasteiger partial charge in [0.2, 0.25) is 0 Å². The molecule has 0 bridgehead atoms. The van der Waals surface area contributed by atoms with Crippen molar-refractivity contribution in [3.8, 4) is 0 Å². The standard InChI is InChI=1S/C29H34ClF2NO4/c1-27-13-24(35)29(32)21(12-23(31)22-11-19(34)7-8-28(22,29)2)20(27)10-17(25(27)26(36)37)15-33(3)14-16-5-4-6-18(30)9-16/h4-9,11,17,20-21,23-25,35H,10,12-15H2,1-3H3,(H,36,37)/t17-,20?,21-,23-,24-,25+,27-,28-,29-/m0/s1. The van der Waals surface area contributed by atoms with Gasteiger partial charge in [0.15, 0.2) is 11.5 Å². The molecule has 0 spiro atoms. The number of hydrogen-bond acceptors (Lipinski definition) is 4. The Balaban J connectivity index is 1.48. The van der Waals surface area contributed by atoms with Crippen LogP contribution in [0.25, 0.3) is 0 Å². The minimum absolute atomic E-state index is 0.0300. The number of alkyl halides is 2. The molecule has 37 heavy (non-hydrogen) atoms. The van der Waals surface area contributed by atoms with Crippen LogP contribution in [-0.4, -0.2) is 58.4 Å². The van der Waals surface area contributed by atoms with Crippen molar-refractivity contribution < 1.29 is 28.6 Å². The van der Waals surface area contributed by atoms with E-state index in [1.165, 1.54) is 18.2 Å². The van der Waals surface area contributed by atoms with E-state index >= 15 is 8.78 Å². The van der Waals surface area contributed by atoms with Gasteiger partial charge < -0.3 is 15.1 Å². The number of aliphatic hydroxyl groups is 1. The van der Waals surface area contributed by atoms with E-state index in [0.29, 0.717) is 24.5 Å². The van der Waals surface area contributed by atoms with Crippen molar-refractivity contribution >= 4 is 23.4 Å². The highest BCUT2D eigenvalue weighted by atomic mass is 35.5. The summed E-state index contributed by atoms with van der Waals surface area (Å²) in [5.74, 6) is -3.74. The Hall–Kier alpha value is -2.09. The van der Waals surface area contributed by atoms with Gasteiger partial charge in [-0.05, 0) is 85.9 Å². The van der Waals surface area contributed by atoms with Crippen LogP contribution in [-0.2, 0) is 16.1 Å². The molecule has 1 aromatic carbocycles. The second kappa shape index (κ2) is 8.99. The number of fused-ring (bicyclic) bond motifs is 5. The molecule has 0 aromatic heterocycles. The molecule has 200 valence electrons. The summed E-state index contributed by atoms with van der Waals surface area (Å²) in [5, 5.41) is 22.3. The van der Waals surface area contributed by atoms with Gasteiger partial charge in [-0.1, -0.05) is 36.7 Å². The van der Waals surface area contributed by atoms with Crippen LogP contribution in [0.2, 0.25) is 5.02 Å². The van der Waals surface area contributed by atoms with Crippen molar-refractivity contribution in [1.82, 2.24) is 4.90 Å². The Morgan fingerprint density at radius 1 is 1.24 bits per heavy atom. The summed E-state index contributed by atoms with van der Waals surface area (Å²) in [6.45, 7) is 4.43. The van der Waals surface area contributed by atoms with E-state index in [0.717, 1.165) is 5.56 Å². The number of halogens is 3. The number of allylic oxidation sites excluding steroid dienone is 4. The maximum Gasteiger partial charge on any atom is 0.307 e. The molecular weight excluding hydrogens is 500 g/mol. The largest absolute Gasteiger partial charge is 0.481 e. The minimum Gasteiger partial charge on any atom is -0.481 e. The summed E-state index contributed by atoms with van der Waals surface area (Å²) < 4.78 is 32.9. The summed E-state index contributed by atoms with van der Waals surface area (Å²) in [5.41, 5.74) is -3.48. The number of carbonyl (C=O) groups is 2. The van der Waals surface area contributed by atoms with Crippen LogP contribution >= 0.6 is 11.6 Å². The predicted octanol–water partition coefficient (Wildman–Crippen LogP) is 5.02. The number of aliphatic hydroxyl groups excluding tert-OH is 1. The third-order valence-corrected chi connectivity index (χ3v) is 10.2. The average Bonchev–Trinajstić information content (AvgIpc) is 3.08. The summed E-state index contributed by atoms with van der Waals surface area (Å²) >= 11 is 6.12. The maximum atomic E-state index is 17.3. The van der Waals surface area contributed by atoms with Crippen LogP contribution in [0.3, 0.4) is 0 Å². The molecule has 1 unspecified atom stereocenters. The summed E-state index contributed by atoms with van der Waals surface area (Å²) in [7, 11) is 1.92. The van der Waals surface area contributed by atoms with Crippen molar-refractivity contribution in [3.63, 3.8) is 0 Å². The molecule has 3 saturated carbocycles. The Morgan fingerprint density at radius 3 is 2.65 bits per heavy atom. The number of ketones is 1. The smallest absolute Gasteiger partial charge is 0.307 e. The zero-order chi connectivity index (χ0) is 26.9. The first-order chi connectivity index (χ1) is 17.3. The fraction of sp³-hybridized carbons (Fsp3) is 0.586.